The van der Waals surface area contributed by atoms with Crippen LogP contribution in [0.4, 0.5) is 4.39 Å². The molecule has 0 N–H and O–H groups in total. The minimum absolute atomic E-state index is 0.240. The Morgan fingerprint density at radius 3 is 2.60 bits per heavy atom. The maximum atomic E-state index is 13.8. The molecule has 110 valence electrons. The van der Waals surface area contributed by atoms with E-state index in [2.05, 4.69) is 23.4 Å². The van der Waals surface area contributed by atoms with Crippen LogP contribution in [0.25, 0.3) is 11.0 Å². The maximum absolute atomic E-state index is 13.8. The molecule has 2 rings (SSSR count). The number of fused-ring (bicyclic) bond motifs is 1. The Hall–Kier alpha value is -1.29. The van der Waals surface area contributed by atoms with E-state index in [1.54, 1.807) is 6.07 Å². The third-order valence-corrected chi connectivity index (χ3v) is 4.05. The lowest BCUT2D eigenvalue weighted by atomic mass is 10.0. The summed E-state index contributed by atoms with van der Waals surface area (Å²) in [4.78, 5) is 4.42. The molecule has 1 aromatic carbocycles. The second-order valence-corrected chi connectivity index (χ2v) is 5.20. The zero-order valence-electron chi connectivity index (χ0n) is 12.1. The molecule has 1 heterocycles. The number of nitrogens with zero attached hydrogens (tertiary/aromatic N) is 2. The predicted molar refractivity (Wildman–Crippen MR) is 79.9 cm³/mol. The van der Waals surface area contributed by atoms with E-state index in [4.69, 9.17) is 16.3 Å². The Balaban J connectivity index is 2.54. The molecule has 5 heteroatoms. The van der Waals surface area contributed by atoms with Crippen molar-refractivity contribution in [2.24, 2.45) is 5.92 Å². The molecule has 0 spiro atoms. The van der Waals surface area contributed by atoms with E-state index >= 15 is 0 Å². The topological polar surface area (TPSA) is 27.1 Å². The third kappa shape index (κ3) is 2.75. The summed E-state index contributed by atoms with van der Waals surface area (Å²) in [6, 6.07) is 3.11. The molecule has 3 nitrogen and oxygen atoms in total. The Morgan fingerprint density at radius 1 is 1.35 bits per heavy atom. The molecule has 0 bridgehead atoms. The number of alkyl halides is 1. The van der Waals surface area contributed by atoms with Crippen LogP contribution in [0.5, 0.6) is 5.75 Å². The molecule has 2 aromatic rings. The first kappa shape index (κ1) is 15.1. The van der Waals surface area contributed by atoms with Crippen LogP contribution in [-0.4, -0.2) is 16.7 Å². The lowest BCUT2D eigenvalue weighted by molar-refractivity contribution is 0.386. The highest BCUT2D eigenvalue weighted by Gasteiger charge is 2.16. The summed E-state index contributed by atoms with van der Waals surface area (Å²) in [5.41, 5.74) is 1.51. The fourth-order valence-corrected chi connectivity index (χ4v) is 2.65. The zero-order valence-corrected chi connectivity index (χ0v) is 12.9. The molecule has 0 aliphatic rings. The number of ether oxygens (including phenoxy) is 1. The monoisotopic (exact) mass is 298 g/mol. The summed E-state index contributed by atoms with van der Waals surface area (Å²) in [6.07, 6.45) is 2.19. The molecule has 0 unspecified atom stereocenters. The van der Waals surface area contributed by atoms with Gasteiger partial charge in [0.1, 0.15) is 5.82 Å². The number of hydrogen-bond donors (Lipinski definition) is 0. The van der Waals surface area contributed by atoms with Gasteiger partial charge in [-0.25, -0.2) is 9.37 Å². The van der Waals surface area contributed by atoms with E-state index in [1.807, 2.05) is 0 Å². The first-order valence-electron chi connectivity index (χ1n) is 6.93. The van der Waals surface area contributed by atoms with Crippen molar-refractivity contribution in [2.45, 2.75) is 39.1 Å². The molecular formula is C15H20ClFN2O. The molecule has 0 amide bonds. The van der Waals surface area contributed by atoms with Crippen LogP contribution in [0.15, 0.2) is 12.1 Å². The second-order valence-electron chi connectivity index (χ2n) is 4.93. The van der Waals surface area contributed by atoms with Crippen molar-refractivity contribution < 1.29 is 9.13 Å². The largest absolute Gasteiger partial charge is 0.494 e. The van der Waals surface area contributed by atoms with E-state index in [9.17, 15) is 4.39 Å². The number of aromatic nitrogens is 2. The highest BCUT2D eigenvalue weighted by molar-refractivity contribution is 6.16. The molecule has 0 aliphatic heterocycles. The van der Waals surface area contributed by atoms with Gasteiger partial charge in [0.15, 0.2) is 11.6 Å². The van der Waals surface area contributed by atoms with Crippen LogP contribution in [0.2, 0.25) is 0 Å². The minimum Gasteiger partial charge on any atom is -0.494 e. The van der Waals surface area contributed by atoms with E-state index in [1.165, 1.54) is 13.2 Å². The van der Waals surface area contributed by atoms with Crippen molar-refractivity contribution >= 4 is 22.6 Å². The van der Waals surface area contributed by atoms with E-state index in [-0.39, 0.29) is 5.75 Å². The van der Waals surface area contributed by atoms with Crippen LogP contribution >= 0.6 is 11.6 Å². The van der Waals surface area contributed by atoms with Gasteiger partial charge in [0.2, 0.25) is 0 Å². The Labute approximate surface area is 123 Å². The second kappa shape index (κ2) is 6.44. The SMILES string of the molecule is CCC(CC)Cn1c(CCl)nc2cc(F)c(OC)cc21. The highest BCUT2D eigenvalue weighted by Crippen LogP contribution is 2.27. The normalized spacial score (nSPS) is 11.5. The van der Waals surface area contributed by atoms with Gasteiger partial charge in [-0.05, 0) is 5.92 Å². The molecule has 0 atom stereocenters. The summed E-state index contributed by atoms with van der Waals surface area (Å²) in [5, 5.41) is 0. The summed E-state index contributed by atoms with van der Waals surface area (Å²) in [7, 11) is 1.47. The number of benzene rings is 1. The van der Waals surface area contributed by atoms with Gasteiger partial charge in [0.05, 0.1) is 24.0 Å². The van der Waals surface area contributed by atoms with E-state index in [0.29, 0.717) is 17.3 Å². The summed E-state index contributed by atoms with van der Waals surface area (Å²) >= 11 is 5.98. The van der Waals surface area contributed by atoms with E-state index in [0.717, 1.165) is 30.7 Å². The number of imidazole rings is 1. The molecule has 0 fully saturated rings. The van der Waals surface area contributed by atoms with Crippen LogP contribution in [0.1, 0.15) is 32.5 Å². The molecule has 0 saturated carbocycles. The Bertz CT molecular complexity index is 593. The van der Waals surface area contributed by atoms with Crippen molar-refractivity contribution in [1.29, 1.82) is 0 Å². The van der Waals surface area contributed by atoms with Gasteiger partial charge >= 0.3 is 0 Å². The van der Waals surface area contributed by atoms with Gasteiger partial charge < -0.3 is 9.30 Å². The molecule has 0 aliphatic carbocycles. The quantitative estimate of drug-likeness (QED) is 0.741. The summed E-state index contributed by atoms with van der Waals surface area (Å²) < 4.78 is 20.9. The number of rotatable bonds is 6. The van der Waals surface area contributed by atoms with Gasteiger partial charge in [0.25, 0.3) is 0 Å². The van der Waals surface area contributed by atoms with Gasteiger partial charge in [-0.15, -0.1) is 11.6 Å². The molecule has 0 radical (unpaired) electrons. The van der Waals surface area contributed by atoms with Gasteiger partial charge in [-0.1, -0.05) is 26.7 Å². The van der Waals surface area contributed by atoms with Crippen molar-refractivity contribution in [1.82, 2.24) is 9.55 Å². The molecule has 0 saturated heterocycles. The molecular weight excluding hydrogens is 279 g/mol. The zero-order chi connectivity index (χ0) is 14.7. The lowest BCUT2D eigenvalue weighted by Crippen LogP contribution is -2.11. The average molecular weight is 299 g/mol. The smallest absolute Gasteiger partial charge is 0.167 e. The third-order valence-electron chi connectivity index (χ3n) is 3.82. The van der Waals surface area contributed by atoms with Crippen LogP contribution in [0.3, 0.4) is 0 Å². The van der Waals surface area contributed by atoms with Gasteiger partial charge in [-0.3, -0.25) is 0 Å². The van der Waals surface area contributed by atoms with Gasteiger partial charge in [0, 0.05) is 18.7 Å². The van der Waals surface area contributed by atoms with Crippen molar-refractivity contribution in [3.05, 3.63) is 23.8 Å². The fourth-order valence-electron chi connectivity index (χ4n) is 2.44. The number of halogens is 2. The summed E-state index contributed by atoms with van der Waals surface area (Å²) in [5.74, 6) is 1.50. The summed E-state index contributed by atoms with van der Waals surface area (Å²) in [6.45, 7) is 5.20. The van der Waals surface area contributed by atoms with Crippen LogP contribution in [0, 0.1) is 11.7 Å². The van der Waals surface area contributed by atoms with Gasteiger partial charge in [-0.2, -0.15) is 0 Å². The first-order valence-corrected chi connectivity index (χ1v) is 7.46. The average Bonchev–Trinajstić information content (AvgIpc) is 2.80. The number of methoxy groups -OCH3 is 1. The molecule has 20 heavy (non-hydrogen) atoms. The maximum Gasteiger partial charge on any atom is 0.167 e. The van der Waals surface area contributed by atoms with Crippen LogP contribution < -0.4 is 4.74 Å². The predicted octanol–water partition coefficient (Wildman–Crippen LogP) is 4.36. The Morgan fingerprint density at radius 2 is 2.05 bits per heavy atom. The van der Waals surface area contributed by atoms with Crippen molar-refractivity contribution in [2.75, 3.05) is 7.11 Å². The molecule has 1 aromatic heterocycles. The minimum atomic E-state index is -0.395. The fraction of sp³-hybridized carbons (Fsp3) is 0.533. The standard InChI is InChI=1S/C15H20ClFN2O/c1-4-10(5-2)9-19-13-7-14(20-3)11(17)6-12(13)18-15(19)8-16/h6-7,10H,4-5,8-9H2,1-3H3. The van der Waals surface area contributed by atoms with Crippen LogP contribution in [-0.2, 0) is 12.4 Å². The van der Waals surface area contributed by atoms with Crippen molar-refractivity contribution in [3.8, 4) is 5.75 Å². The number of hydrogen-bond acceptors (Lipinski definition) is 2. The highest BCUT2D eigenvalue weighted by atomic mass is 35.5. The first-order chi connectivity index (χ1) is 9.64. The van der Waals surface area contributed by atoms with E-state index < -0.39 is 5.82 Å². The lowest BCUT2D eigenvalue weighted by Gasteiger charge is -2.16. The Kier molecular flexibility index (Phi) is 4.86. The van der Waals surface area contributed by atoms with Crippen molar-refractivity contribution in [3.63, 3.8) is 0 Å².